The highest BCUT2D eigenvalue weighted by molar-refractivity contribution is 6.30. The van der Waals surface area contributed by atoms with Gasteiger partial charge in [0.25, 0.3) is 0 Å². The summed E-state index contributed by atoms with van der Waals surface area (Å²) in [6.07, 6.45) is 1.94. The molecule has 1 saturated heterocycles. The molecule has 35 heavy (non-hydrogen) atoms. The molecule has 0 saturated carbocycles. The van der Waals surface area contributed by atoms with Crippen LogP contribution in [0.25, 0.3) is 0 Å². The molecule has 1 aliphatic rings. The number of amides is 2. The highest BCUT2D eigenvalue weighted by Crippen LogP contribution is 2.25. The van der Waals surface area contributed by atoms with Crippen molar-refractivity contribution in [2.24, 2.45) is 0 Å². The molecule has 4 rings (SSSR count). The van der Waals surface area contributed by atoms with Gasteiger partial charge in [-0.05, 0) is 53.8 Å². The first-order valence-corrected chi connectivity index (χ1v) is 12.1. The van der Waals surface area contributed by atoms with Crippen molar-refractivity contribution in [3.63, 3.8) is 0 Å². The zero-order chi connectivity index (χ0) is 24.6. The molecule has 1 N–H and O–H groups in total. The lowest BCUT2D eigenvalue weighted by atomic mass is 10.0. The van der Waals surface area contributed by atoms with Crippen LogP contribution in [0.2, 0.25) is 5.02 Å². The molecule has 1 heterocycles. The second kappa shape index (κ2) is 12.0. The molecule has 0 unspecified atom stereocenters. The van der Waals surface area contributed by atoms with Gasteiger partial charge in [0.15, 0.2) is 0 Å². The largest absolute Gasteiger partial charge is 0.376 e. The topological polar surface area (TPSA) is 58.6 Å². The summed E-state index contributed by atoms with van der Waals surface area (Å²) in [6, 6.07) is 21.4. The molecule has 182 valence electrons. The Kier molecular flexibility index (Phi) is 8.50. The lowest BCUT2D eigenvalue weighted by Gasteiger charge is -2.32. The minimum Gasteiger partial charge on any atom is -0.376 e. The highest BCUT2D eigenvalue weighted by Gasteiger charge is 2.32. The Labute approximate surface area is 209 Å². The van der Waals surface area contributed by atoms with Crippen LogP contribution in [0, 0.1) is 5.82 Å². The second-order valence-electron chi connectivity index (χ2n) is 8.64. The van der Waals surface area contributed by atoms with Crippen LogP contribution in [0.4, 0.5) is 4.39 Å². The van der Waals surface area contributed by atoms with Crippen molar-refractivity contribution < 1.29 is 18.7 Å². The van der Waals surface area contributed by atoms with Crippen molar-refractivity contribution in [3.05, 3.63) is 106 Å². The van der Waals surface area contributed by atoms with E-state index in [9.17, 15) is 14.0 Å². The predicted octanol–water partition coefficient (Wildman–Crippen LogP) is 5.09. The quantitative estimate of drug-likeness (QED) is 0.451. The number of halogens is 2. The van der Waals surface area contributed by atoms with Gasteiger partial charge in [-0.15, -0.1) is 0 Å². The first-order valence-electron chi connectivity index (χ1n) is 11.7. The van der Waals surface area contributed by atoms with E-state index in [0.717, 1.165) is 24.0 Å². The smallest absolute Gasteiger partial charge is 0.247 e. The molecule has 7 heteroatoms. The van der Waals surface area contributed by atoms with Gasteiger partial charge >= 0.3 is 0 Å². The van der Waals surface area contributed by atoms with Crippen molar-refractivity contribution in [3.8, 4) is 0 Å². The van der Waals surface area contributed by atoms with Crippen molar-refractivity contribution in [2.75, 3.05) is 13.2 Å². The van der Waals surface area contributed by atoms with Crippen LogP contribution in [-0.4, -0.2) is 36.0 Å². The molecule has 0 radical (unpaired) electrons. The third-order valence-corrected chi connectivity index (χ3v) is 6.31. The molecule has 0 spiro atoms. The Morgan fingerprint density at radius 2 is 1.69 bits per heavy atom. The van der Waals surface area contributed by atoms with Crippen LogP contribution in [-0.2, 0) is 27.3 Å². The molecular weight excluding hydrogens is 467 g/mol. The minimum atomic E-state index is -0.859. The average molecular weight is 495 g/mol. The number of hydrogen-bond acceptors (Lipinski definition) is 3. The van der Waals surface area contributed by atoms with Crippen molar-refractivity contribution in [2.45, 2.75) is 38.0 Å². The number of ether oxygens (including phenoxy) is 1. The molecule has 2 amide bonds. The molecule has 0 aromatic heterocycles. The van der Waals surface area contributed by atoms with E-state index in [1.165, 1.54) is 12.1 Å². The van der Waals surface area contributed by atoms with Gasteiger partial charge in [0.2, 0.25) is 11.8 Å². The van der Waals surface area contributed by atoms with Gasteiger partial charge < -0.3 is 15.0 Å². The number of nitrogens with one attached hydrogen (secondary N) is 1. The molecule has 2 atom stereocenters. The van der Waals surface area contributed by atoms with Crippen LogP contribution >= 0.6 is 11.6 Å². The standard InChI is InChI=1S/C28H28ClFN2O3/c29-23-12-8-20(9-13-23)17-26(33)32(19-21-10-14-24(30)15-11-21)27(22-5-2-1-3-6-22)28(34)31-18-25-7-4-16-35-25/h1-3,5-6,8-15,25,27H,4,7,16-19H2,(H,31,34)/t25-,27-/m0/s1. The van der Waals surface area contributed by atoms with E-state index in [2.05, 4.69) is 5.32 Å². The van der Waals surface area contributed by atoms with Crippen LogP contribution in [0.1, 0.15) is 35.6 Å². The third-order valence-electron chi connectivity index (χ3n) is 6.06. The van der Waals surface area contributed by atoms with Crippen LogP contribution in [0.15, 0.2) is 78.9 Å². The number of carbonyl (C=O) groups excluding carboxylic acids is 2. The summed E-state index contributed by atoms with van der Waals surface area (Å²) in [5, 5.41) is 3.57. The van der Waals surface area contributed by atoms with Crippen molar-refractivity contribution in [1.29, 1.82) is 0 Å². The number of nitrogens with zero attached hydrogens (tertiary/aromatic N) is 1. The van der Waals surface area contributed by atoms with E-state index in [1.54, 1.807) is 41.3 Å². The first kappa shape index (κ1) is 24.9. The maximum absolute atomic E-state index is 13.7. The summed E-state index contributed by atoms with van der Waals surface area (Å²) < 4.78 is 19.2. The van der Waals surface area contributed by atoms with Crippen molar-refractivity contribution >= 4 is 23.4 Å². The molecule has 3 aromatic carbocycles. The first-order chi connectivity index (χ1) is 17.0. The summed E-state index contributed by atoms with van der Waals surface area (Å²) in [5.74, 6) is -0.863. The Balaban J connectivity index is 1.64. The van der Waals surface area contributed by atoms with Crippen LogP contribution < -0.4 is 5.32 Å². The molecule has 0 aliphatic carbocycles. The molecule has 3 aromatic rings. The fourth-order valence-corrected chi connectivity index (χ4v) is 4.34. The monoisotopic (exact) mass is 494 g/mol. The SMILES string of the molecule is O=C(NC[C@@H]1CCCO1)[C@H](c1ccccc1)N(Cc1ccc(F)cc1)C(=O)Cc1ccc(Cl)cc1. The van der Waals surface area contributed by atoms with Crippen molar-refractivity contribution in [1.82, 2.24) is 10.2 Å². The maximum atomic E-state index is 13.7. The normalized spacial score (nSPS) is 16.0. The van der Waals surface area contributed by atoms with Gasteiger partial charge in [0.1, 0.15) is 11.9 Å². The summed E-state index contributed by atoms with van der Waals surface area (Å²) in [6.45, 7) is 1.23. The van der Waals surface area contributed by atoms with E-state index >= 15 is 0 Å². The van der Waals surface area contributed by atoms with Gasteiger partial charge in [-0.2, -0.15) is 0 Å². The molecule has 5 nitrogen and oxygen atoms in total. The molecular formula is C28H28ClFN2O3. The minimum absolute atomic E-state index is 0.0225. The number of benzene rings is 3. The highest BCUT2D eigenvalue weighted by atomic mass is 35.5. The molecule has 1 fully saturated rings. The van der Waals surface area contributed by atoms with Crippen LogP contribution in [0.3, 0.4) is 0 Å². The van der Waals surface area contributed by atoms with Crippen LogP contribution in [0.5, 0.6) is 0 Å². The summed E-state index contributed by atoms with van der Waals surface area (Å²) in [4.78, 5) is 28.8. The van der Waals surface area contributed by atoms with E-state index in [-0.39, 0.29) is 36.7 Å². The predicted molar refractivity (Wildman–Crippen MR) is 133 cm³/mol. The number of hydrogen-bond donors (Lipinski definition) is 1. The third kappa shape index (κ3) is 6.90. The Morgan fingerprint density at radius 1 is 1.00 bits per heavy atom. The van der Waals surface area contributed by atoms with Gasteiger partial charge in [-0.25, -0.2) is 4.39 Å². The number of rotatable bonds is 9. The van der Waals surface area contributed by atoms with Gasteiger partial charge in [0, 0.05) is 24.7 Å². The van der Waals surface area contributed by atoms with E-state index < -0.39 is 6.04 Å². The fourth-order valence-electron chi connectivity index (χ4n) is 4.21. The zero-order valence-corrected chi connectivity index (χ0v) is 20.1. The summed E-state index contributed by atoms with van der Waals surface area (Å²) >= 11 is 6.00. The van der Waals surface area contributed by atoms with Gasteiger partial charge in [0.05, 0.1) is 12.5 Å². The van der Waals surface area contributed by atoms with E-state index in [4.69, 9.17) is 16.3 Å². The van der Waals surface area contributed by atoms with Gasteiger partial charge in [-0.1, -0.05) is 66.2 Å². The lowest BCUT2D eigenvalue weighted by molar-refractivity contribution is -0.141. The Bertz CT molecular complexity index is 1120. The average Bonchev–Trinajstić information content (AvgIpc) is 3.39. The molecule has 0 bridgehead atoms. The lowest BCUT2D eigenvalue weighted by Crippen LogP contribution is -2.45. The fraction of sp³-hybridized carbons (Fsp3) is 0.286. The van der Waals surface area contributed by atoms with E-state index in [1.807, 2.05) is 30.3 Å². The molecule has 1 aliphatic heterocycles. The maximum Gasteiger partial charge on any atom is 0.247 e. The van der Waals surface area contributed by atoms with Gasteiger partial charge in [-0.3, -0.25) is 9.59 Å². The summed E-state index contributed by atoms with van der Waals surface area (Å²) in [7, 11) is 0. The second-order valence-corrected chi connectivity index (χ2v) is 9.08. The Hall–Kier alpha value is -3.22. The van der Waals surface area contributed by atoms with E-state index in [0.29, 0.717) is 23.7 Å². The Morgan fingerprint density at radius 3 is 2.34 bits per heavy atom. The summed E-state index contributed by atoms with van der Waals surface area (Å²) in [5.41, 5.74) is 2.21. The zero-order valence-electron chi connectivity index (χ0n) is 19.3. The number of carbonyl (C=O) groups is 2.